The van der Waals surface area contributed by atoms with E-state index in [0.717, 1.165) is 11.1 Å². The standard InChI is InChI=1S/C14H14ClF/c1-2-14(15)9-8-12(10-13(14)16)11-6-4-3-5-7-11/h3-10,13H,2H2,1H3/t13-,14-/m1/s1. The quantitative estimate of drug-likeness (QED) is 0.669. The molecule has 0 bridgehead atoms. The van der Waals surface area contributed by atoms with Crippen molar-refractivity contribution >= 4 is 17.2 Å². The van der Waals surface area contributed by atoms with Crippen LogP contribution in [0, 0.1) is 0 Å². The third-order valence-corrected chi connectivity index (χ3v) is 3.58. The maximum atomic E-state index is 13.9. The first-order valence-electron chi connectivity index (χ1n) is 5.45. The van der Waals surface area contributed by atoms with Gasteiger partial charge in [-0.2, -0.15) is 0 Å². The molecule has 0 unspecified atom stereocenters. The fourth-order valence-electron chi connectivity index (χ4n) is 1.81. The summed E-state index contributed by atoms with van der Waals surface area (Å²) in [7, 11) is 0. The van der Waals surface area contributed by atoms with E-state index in [4.69, 9.17) is 11.6 Å². The molecule has 1 aromatic rings. The van der Waals surface area contributed by atoms with Gasteiger partial charge in [-0.25, -0.2) is 4.39 Å². The lowest BCUT2D eigenvalue weighted by Crippen LogP contribution is -2.31. The minimum atomic E-state index is -1.13. The van der Waals surface area contributed by atoms with Gasteiger partial charge >= 0.3 is 0 Å². The average Bonchev–Trinajstić information content (AvgIpc) is 2.34. The van der Waals surface area contributed by atoms with E-state index in [1.165, 1.54) is 0 Å². The predicted molar refractivity (Wildman–Crippen MR) is 67.3 cm³/mol. The van der Waals surface area contributed by atoms with Gasteiger partial charge in [-0.05, 0) is 23.6 Å². The lowest BCUT2D eigenvalue weighted by atomic mass is 9.89. The van der Waals surface area contributed by atoms with Crippen molar-refractivity contribution in [3.05, 3.63) is 54.1 Å². The van der Waals surface area contributed by atoms with Gasteiger partial charge in [0.2, 0.25) is 0 Å². The fraction of sp³-hybridized carbons (Fsp3) is 0.286. The number of benzene rings is 1. The molecule has 0 aromatic heterocycles. The highest BCUT2D eigenvalue weighted by Gasteiger charge is 2.34. The molecule has 16 heavy (non-hydrogen) atoms. The molecule has 84 valence electrons. The third-order valence-electron chi connectivity index (χ3n) is 2.97. The first kappa shape index (κ1) is 11.4. The van der Waals surface area contributed by atoms with Crippen LogP contribution in [-0.2, 0) is 0 Å². The van der Waals surface area contributed by atoms with Crippen molar-refractivity contribution in [2.45, 2.75) is 24.4 Å². The molecule has 0 fully saturated rings. The first-order chi connectivity index (χ1) is 7.65. The second kappa shape index (κ2) is 4.42. The summed E-state index contributed by atoms with van der Waals surface area (Å²) < 4.78 is 13.9. The van der Waals surface area contributed by atoms with Gasteiger partial charge in [0.15, 0.2) is 0 Å². The molecule has 2 atom stereocenters. The van der Waals surface area contributed by atoms with Crippen molar-refractivity contribution in [2.24, 2.45) is 0 Å². The van der Waals surface area contributed by atoms with Crippen LogP contribution in [-0.4, -0.2) is 11.0 Å². The molecule has 0 heterocycles. The molecule has 0 aliphatic heterocycles. The molecule has 0 saturated heterocycles. The highest BCUT2D eigenvalue weighted by Crippen LogP contribution is 2.35. The molecule has 0 nitrogen and oxygen atoms in total. The van der Waals surface area contributed by atoms with Crippen LogP contribution in [0.1, 0.15) is 18.9 Å². The van der Waals surface area contributed by atoms with Gasteiger partial charge in [0.25, 0.3) is 0 Å². The average molecular weight is 237 g/mol. The smallest absolute Gasteiger partial charge is 0.142 e. The molecular weight excluding hydrogens is 223 g/mol. The predicted octanol–water partition coefficient (Wildman–Crippen LogP) is 4.37. The molecule has 0 spiro atoms. The number of hydrogen-bond acceptors (Lipinski definition) is 0. The fourth-order valence-corrected chi connectivity index (χ4v) is 1.93. The normalized spacial score (nSPS) is 28.9. The van der Waals surface area contributed by atoms with Crippen molar-refractivity contribution in [1.82, 2.24) is 0 Å². The van der Waals surface area contributed by atoms with Gasteiger partial charge in [0.05, 0.1) is 4.87 Å². The van der Waals surface area contributed by atoms with E-state index in [1.807, 2.05) is 43.3 Å². The van der Waals surface area contributed by atoms with Gasteiger partial charge < -0.3 is 0 Å². The Kier molecular flexibility index (Phi) is 3.15. The van der Waals surface area contributed by atoms with Gasteiger partial charge in [-0.3, -0.25) is 0 Å². The second-order valence-corrected chi connectivity index (χ2v) is 4.71. The Morgan fingerprint density at radius 2 is 2.00 bits per heavy atom. The largest absolute Gasteiger partial charge is 0.241 e. The minimum absolute atomic E-state index is 0.588. The van der Waals surface area contributed by atoms with Gasteiger partial charge in [0.1, 0.15) is 6.17 Å². The number of hydrogen-bond donors (Lipinski definition) is 0. The molecule has 0 N–H and O–H groups in total. The summed E-state index contributed by atoms with van der Waals surface area (Å²) in [5.74, 6) is 0. The lowest BCUT2D eigenvalue weighted by Gasteiger charge is -2.27. The summed E-state index contributed by atoms with van der Waals surface area (Å²) in [4.78, 5) is -0.863. The van der Waals surface area contributed by atoms with Crippen LogP contribution < -0.4 is 0 Å². The zero-order valence-corrected chi connectivity index (χ0v) is 9.92. The Hall–Kier alpha value is -1.08. The van der Waals surface area contributed by atoms with E-state index in [0.29, 0.717) is 6.42 Å². The summed E-state index contributed by atoms with van der Waals surface area (Å²) in [5, 5.41) is 0. The molecular formula is C14H14ClF. The Morgan fingerprint density at radius 1 is 1.31 bits per heavy atom. The molecule has 1 aromatic carbocycles. The third kappa shape index (κ3) is 2.05. The second-order valence-electron chi connectivity index (χ2n) is 4.00. The van der Waals surface area contributed by atoms with E-state index >= 15 is 0 Å². The van der Waals surface area contributed by atoms with Gasteiger partial charge in [-0.1, -0.05) is 49.4 Å². The number of rotatable bonds is 2. The topological polar surface area (TPSA) is 0 Å². The van der Waals surface area contributed by atoms with Gasteiger partial charge in [-0.15, -0.1) is 11.6 Å². The Morgan fingerprint density at radius 3 is 2.56 bits per heavy atom. The molecule has 1 aliphatic rings. The van der Waals surface area contributed by atoms with E-state index in [9.17, 15) is 4.39 Å². The highest BCUT2D eigenvalue weighted by atomic mass is 35.5. The monoisotopic (exact) mass is 236 g/mol. The van der Waals surface area contributed by atoms with Crippen LogP contribution in [0.5, 0.6) is 0 Å². The summed E-state index contributed by atoms with van der Waals surface area (Å²) in [5.41, 5.74) is 1.93. The Balaban J connectivity index is 2.30. The zero-order valence-electron chi connectivity index (χ0n) is 9.16. The molecule has 1 aliphatic carbocycles. The summed E-state index contributed by atoms with van der Waals surface area (Å²) in [6, 6.07) is 9.77. The molecule has 0 radical (unpaired) electrons. The Labute approximate surface area is 100 Å². The van der Waals surface area contributed by atoms with Crippen LogP contribution in [0.15, 0.2) is 48.6 Å². The SMILES string of the molecule is CC[C@@]1(Cl)C=CC(c2ccccc2)=C[C@H]1F. The van der Waals surface area contributed by atoms with Crippen LogP contribution in [0.2, 0.25) is 0 Å². The number of alkyl halides is 2. The van der Waals surface area contributed by atoms with Crippen LogP contribution >= 0.6 is 11.6 Å². The molecule has 2 rings (SSSR count). The van der Waals surface area contributed by atoms with E-state index in [1.54, 1.807) is 12.2 Å². The summed E-state index contributed by atoms with van der Waals surface area (Å²) in [6.07, 6.45) is 4.74. The van der Waals surface area contributed by atoms with Crippen molar-refractivity contribution in [2.75, 3.05) is 0 Å². The lowest BCUT2D eigenvalue weighted by molar-refractivity contribution is 0.334. The van der Waals surface area contributed by atoms with Gasteiger partial charge in [0, 0.05) is 0 Å². The van der Waals surface area contributed by atoms with Crippen LogP contribution in [0.25, 0.3) is 5.57 Å². The minimum Gasteiger partial charge on any atom is -0.241 e. The summed E-state index contributed by atoms with van der Waals surface area (Å²) in [6.45, 7) is 1.89. The van der Waals surface area contributed by atoms with Crippen LogP contribution in [0.4, 0.5) is 4.39 Å². The molecule has 2 heteroatoms. The van der Waals surface area contributed by atoms with Crippen molar-refractivity contribution in [3.8, 4) is 0 Å². The maximum absolute atomic E-state index is 13.9. The van der Waals surface area contributed by atoms with Crippen LogP contribution in [0.3, 0.4) is 0 Å². The van der Waals surface area contributed by atoms with Crippen molar-refractivity contribution < 1.29 is 4.39 Å². The number of allylic oxidation sites excluding steroid dienone is 4. The Bertz CT molecular complexity index is 422. The van der Waals surface area contributed by atoms with E-state index in [-0.39, 0.29) is 0 Å². The van der Waals surface area contributed by atoms with Crippen molar-refractivity contribution in [1.29, 1.82) is 0 Å². The first-order valence-corrected chi connectivity index (χ1v) is 5.83. The zero-order chi connectivity index (χ0) is 11.6. The molecule has 0 amide bonds. The van der Waals surface area contributed by atoms with E-state index in [2.05, 4.69) is 0 Å². The number of halogens is 2. The van der Waals surface area contributed by atoms with Crippen molar-refractivity contribution in [3.63, 3.8) is 0 Å². The van der Waals surface area contributed by atoms with E-state index < -0.39 is 11.0 Å². The molecule has 0 saturated carbocycles. The maximum Gasteiger partial charge on any atom is 0.142 e. The highest BCUT2D eigenvalue weighted by molar-refractivity contribution is 6.26. The summed E-state index contributed by atoms with van der Waals surface area (Å²) >= 11 is 6.16.